The summed E-state index contributed by atoms with van der Waals surface area (Å²) in [6.45, 7) is 27.7. The van der Waals surface area contributed by atoms with Gasteiger partial charge in [0.25, 0.3) is 0 Å². The molecule has 0 spiro atoms. The summed E-state index contributed by atoms with van der Waals surface area (Å²) >= 11 is 1.92. The molecule has 0 radical (unpaired) electrons. The Kier molecular flexibility index (Phi) is 9.89. The fraction of sp³-hybridized carbons (Fsp3) is 0.229. The van der Waals surface area contributed by atoms with E-state index in [-0.39, 0.29) is 28.5 Å². The molecule has 0 unspecified atom stereocenters. The average Bonchev–Trinajstić information content (AvgIpc) is 3.83. The molecule has 12 aromatic rings. The van der Waals surface area contributed by atoms with Crippen molar-refractivity contribution in [3.8, 4) is 11.1 Å². The molecule has 0 amide bonds. The number of nitrogens with zero attached hydrogens (tertiary/aromatic N) is 3. The van der Waals surface area contributed by atoms with Gasteiger partial charge in [-0.3, -0.25) is 0 Å². The summed E-state index contributed by atoms with van der Waals surface area (Å²) in [7, 11) is 0. The maximum atomic E-state index is 7.07. The molecule has 0 aliphatic carbocycles. The van der Waals surface area contributed by atoms with E-state index < -0.39 is 0 Å². The molecule has 9 aromatic carbocycles. The summed E-state index contributed by atoms with van der Waals surface area (Å²) in [4.78, 5) is 5.07. The second kappa shape index (κ2) is 16.0. The van der Waals surface area contributed by atoms with Crippen LogP contribution in [0.4, 0.5) is 34.1 Å². The number of hydrogen-bond donors (Lipinski definition) is 0. The Balaban J connectivity index is 1.14. The third kappa shape index (κ3) is 6.95. The van der Waals surface area contributed by atoms with Gasteiger partial charge < -0.3 is 18.7 Å². The van der Waals surface area contributed by atoms with Crippen molar-refractivity contribution in [1.29, 1.82) is 0 Å². The van der Waals surface area contributed by atoms with Gasteiger partial charge in [-0.25, -0.2) is 0 Å². The van der Waals surface area contributed by atoms with Gasteiger partial charge in [-0.05, 0) is 151 Å². The van der Waals surface area contributed by atoms with Crippen LogP contribution in [0.15, 0.2) is 174 Å². The zero-order valence-corrected chi connectivity index (χ0v) is 46.7. The van der Waals surface area contributed by atoms with Crippen LogP contribution in [0.25, 0.3) is 75.0 Å². The predicted octanol–water partition coefficient (Wildman–Crippen LogP) is 19.1. The Labute approximate surface area is 451 Å². The van der Waals surface area contributed by atoms with Crippen LogP contribution in [-0.2, 0) is 21.7 Å². The first kappa shape index (κ1) is 47.0. The van der Waals surface area contributed by atoms with Crippen molar-refractivity contribution < 1.29 is 4.42 Å². The predicted molar refractivity (Wildman–Crippen MR) is 330 cm³/mol. The van der Waals surface area contributed by atoms with Crippen LogP contribution in [-0.4, -0.2) is 11.3 Å². The minimum atomic E-state index is -0.178. The maximum Gasteiger partial charge on any atom is 0.333 e. The number of aromatic nitrogens is 1. The number of fused-ring (bicyclic) bond motifs is 14. The second-order valence-electron chi connectivity index (χ2n) is 25.8. The summed E-state index contributed by atoms with van der Waals surface area (Å²) in [5.74, 6) is 0. The van der Waals surface area contributed by atoms with E-state index in [1.807, 2.05) is 11.3 Å². The van der Waals surface area contributed by atoms with Crippen LogP contribution >= 0.6 is 11.3 Å². The van der Waals surface area contributed by atoms with Crippen LogP contribution in [0.1, 0.15) is 105 Å². The SMILES string of the molecule is CC(C)(C)c1ccc(N(c2ccc(C(C)(C)C)cc2)c2ccc3c(c2)B2c4c(cc5c(sc6ccccc65)c4N3c3cccc4c3oc3ccccc34)-c3cc(C(C)(C)C)cc4c5cc(C(C)(C)C)ccc5n2c34)cc1. The largest absolute Gasteiger partial charge is 0.454 e. The van der Waals surface area contributed by atoms with Gasteiger partial charge in [-0.15, -0.1) is 11.3 Å². The van der Waals surface area contributed by atoms with Crippen molar-refractivity contribution in [2.45, 2.75) is 105 Å². The molecule has 0 saturated heterocycles. The molecule has 0 N–H and O–H groups in total. The van der Waals surface area contributed by atoms with Crippen molar-refractivity contribution in [3.05, 3.63) is 192 Å². The molecule has 0 atom stereocenters. The van der Waals surface area contributed by atoms with Crippen LogP contribution in [0.2, 0.25) is 0 Å². The summed E-state index contributed by atoms with van der Waals surface area (Å²) in [6.07, 6.45) is 0. The molecule has 3 aromatic heterocycles. The lowest BCUT2D eigenvalue weighted by atomic mass is 9.45. The first-order chi connectivity index (χ1) is 36.2. The Morgan fingerprint density at radius 2 is 1.04 bits per heavy atom. The van der Waals surface area contributed by atoms with Crippen molar-refractivity contribution in [2.24, 2.45) is 0 Å². The first-order valence-electron chi connectivity index (χ1n) is 27.2. The van der Waals surface area contributed by atoms with Crippen LogP contribution in [0.3, 0.4) is 0 Å². The summed E-state index contributed by atoms with van der Waals surface area (Å²) in [5.41, 5.74) is 21.5. The Bertz CT molecular complexity index is 4330. The fourth-order valence-electron chi connectivity index (χ4n) is 12.6. The molecule has 374 valence electrons. The van der Waals surface area contributed by atoms with Gasteiger partial charge in [0.1, 0.15) is 5.58 Å². The average molecular weight is 1010 g/mol. The Morgan fingerprint density at radius 1 is 0.447 bits per heavy atom. The minimum absolute atomic E-state index is 0.0179. The third-order valence-electron chi connectivity index (χ3n) is 16.8. The highest BCUT2D eigenvalue weighted by Crippen LogP contribution is 2.54. The molecular formula is C70H64BN3OS. The number of hydrogen-bond acceptors (Lipinski definition) is 4. The molecule has 5 heterocycles. The van der Waals surface area contributed by atoms with Gasteiger partial charge >= 0.3 is 6.85 Å². The molecule has 4 nitrogen and oxygen atoms in total. The van der Waals surface area contributed by atoms with E-state index >= 15 is 0 Å². The van der Waals surface area contributed by atoms with Crippen LogP contribution < -0.4 is 20.7 Å². The number of benzene rings is 9. The van der Waals surface area contributed by atoms with Crippen LogP contribution in [0.5, 0.6) is 0 Å². The lowest BCUT2D eigenvalue weighted by Crippen LogP contribution is -2.56. The molecule has 2 aliphatic rings. The highest BCUT2D eigenvalue weighted by Gasteiger charge is 2.45. The van der Waals surface area contributed by atoms with E-state index in [4.69, 9.17) is 4.42 Å². The van der Waals surface area contributed by atoms with Gasteiger partial charge in [-0.1, -0.05) is 162 Å². The monoisotopic (exact) mass is 1010 g/mol. The Morgan fingerprint density at radius 3 is 1.71 bits per heavy atom. The zero-order valence-electron chi connectivity index (χ0n) is 45.9. The van der Waals surface area contributed by atoms with Gasteiger partial charge in [0, 0.05) is 76.4 Å². The summed E-state index contributed by atoms with van der Waals surface area (Å²) < 4.78 is 12.4. The number of thiophene rings is 1. The number of anilines is 6. The molecule has 14 rings (SSSR count). The smallest absolute Gasteiger partial charge is 0.333 e. The molecule has 6 heteroatoms. The van der Waals surface area contributed by atoms with Gasteiger partial charge in [0.15, 0.2) is 5.58 Å². The quantitative estimate of drug-likeness (QED) is 0.164. The van der Waals surface area contributed by atoms with Crippen molar-refractivity contribution in [2.75, 3.05) is 9.80 Å². The van der Waals surface area contributed by atoms with Crippen molar-refractivity contribution in [1.82, 2.24) is 4.48 Å². The standard InChI is InChI=1S/C70H64BN3OS/c1-67(2,3)41-24-29-45(30-25-41)72(46-31-26-42(27-32-46)68(4,5)6)47-33-35-58-56(39-47)71-62-52(54-38-44(70(10,11)12)37-53-51-36-43(69(7,8)9)28-34-57(51)74(71)63(53)54)40-55-49-19-14-16-23-61(49)76-66(55)64(62)73(58)59-21-17-20-50-48-18-13-15-22-60(48)75-65(50)59/h13-40H,1-12H3. The zero-order chi connectivity index (χ0) is 52.5. The number of para-hydroxylation sites is 2. The van der Waals surface area contributed by atoms with E-state index in [1.54, 1.807) is 0 Å². The minimum Gasteiger partial charge on any atom is -0.454 e. The van der Waals surface area contributed by atoms with Gasteiger partial charge in [-0.2, -0.15) is 0 Å². The van der Waals surface area contributed by atoms with Crippen LogP contribution in [0, 0.1) is 0 Å². The summed E-state index contributed by atoms with van der Waals surface area (Å²) in [5, 5.41) is 7.43. The van der Waals surface area contributed by atoms with Crippen molar-refractivity contribution >= 4 is 127 Å². The van der Waals surface area contributed by atoms with Crippen molar-refractivity contribution in [3.63, 3.8) is 0 Å². The molecule has 2 aliphatic heterocycles. The molecule has 0 saturated carbocycles. The highest BCUT2D eigenvalue weighted by molar-refractivity contribution is 7.26. The normalized spacial score (nSPS) is 13.7. The second-order valence-corrected chi connectivity index (χ2v) is 26.9. The molecular weight excluding hydrogens is 942 g/mol. The number of rotatable bonds is 4. The fourth-order valence-corrected chi connectivity index (χ4v) is 13.8. The number of furan rings is 1. The van der Waals surface area contributed by atoms with Gasteiger partial charge in [0.05, 0.1) is 16.1 Å². The lowest BCUT2D eigenvalue weighted by molar-refractivity contribution is 0.590. The third-order valence-corrected chi connectivity index (χ3v) is 18.0. The van der Waals surface area contributed by atoms with Gasteiger partial charge in [0.2, 0.25) is 0 Å². The molecule has 76 heavy (non-hydrogen) atoms. The topological polar surface area (TPSA) is 24.6 Å². The maximum absolute atomic E-state index is 7.07. The van der Waals surface area contributed by atoms with E-state index in [2.05, 4.69) is 267 Å². The lowest BCUT2D eigenvalue weighted by Gasteiger charge is -2.41. The van der Waals surface area contributed by atoms with E-state index in [1.165, 1.54) is 92.0 Å². The first-order valence-corrected chi connectivity index (χ1v) is 28.0. The summed E-state index contributed by atoms with van der Waals surface area (Å²) in [6, 6.07) is 65.0. The highest BCUT2D eigenvalue weighted by atomic mass is 32.1. The van der Waals surface area contributed by atoms with E-state index in [0.29, 0.717) is 0 Å². The van der Waals surface area contributed by atoms with E-state index in [0.717, 1.165) is 50.4 Å². The van der Waals surface area contributed by atoms with E-state index in [9.17, 15) is 0 Å². The molecule has 0 fully saturated rings. The Hall–Kier alpha value is -7.54. The molecule has 0 bridgehead atoms.